The zero-order valence-electron chi connectivity index (χ0n) is 15.7. The maximum Gasteiger partial charge on any atom is 0.240 e. The summed E-state index contributed by atoms with van der Waals surface area (Å²) in [6.07, 6.45) is 4.05. The molecule has 1 unspecified atom stereocenters. The molecule has 0 radical (unpaired) electrons. The van der Waals surface area contributed by atoms with Crippen molar-refractivity contribution in [1.29, 1.82) is 0 Å². The first kappa shape index (κ1) is 18.4. The predicted octanol–water partition coefficient (Wildman–Crippen LogP) is 1.75. The Hall–Kier alpha value is -1.43. The van der Waals surface area contributed by atoms with Gasteiger partial charge in [0.1, 0.15) is 0 Å². The van der Waals surface area contributed by atoms with Crippen LogP contribution in [0, 0.1) is 0 Å². The average molecular weight is 345 g/mol. The summed E-state index contributed by atoms with van der Waals surface area (Å²) in [4.78, 5) is 21.7. The van der Waals surface area contributed by atoms with Gasteiger partial charge < -0.3 is 9.80 Å². The van der Waals surface area contributed by atoms with Crippen molar-refractivity contribution in [3.8, 4) is 0 Å². The van der Waals surface area contributed by atoms with Gasteiger partial charge in [-0.2, -0.15) is 0 Å². The Kier molecular flexibility index (Phi) is 6.45. The predicted molar refractivity (Wildman–Crippen MR) is 103 cm³/mol. The molecule has 5 heteroatoms. The number of likely N-dealkylation sites (N-methyl/N-ethyl adjacent to an activating group) is 2. The first-order chi connectivity index (χ1) is 12.1. The minimum absolute atomic E-state index is 0.173. The Bertz CT molecular complexity index is 542. The van der Waals surface area contributed by atoms with Gasteiger partial charge in [-0.1, -0.05) is 24.6 Å². The van der Waals surface area contributed by atoms with Crippen LogP contribution in [0.4, 0.5) is 5.69 Å². The molecule has 2 aliphatic heterocycles. The highest BCUT2D eigenvalue weighted by atomic mass is 16.2. The summed E-state index contributed by atoms with van der Waals surface area (Å²) in [5, 5.41) is 0. The van der Waals surface area contributed by atoms with E-state index in [0.29, 0.717) is 12.6 Å². The van der Waals surface area contributed by atoms with Crippen LogP contribution in [0.25, 0.3) is 0 Å². The number of anilines is 1. The van der Waals surface area contributed by atoms with Gasteiger partial charge in [-0.05, 0) is 38.6 Å². The summed E-state index contributed by atoms with van der Waals surface area (Å²) >= 11 is 0. The van der Waals surface area contributed by atoms with E-state index >= 15 is 0 Å². The lowest BCUT2D eigenvalue weighted by Crippen LogP contribution is -2.53. The first-order valence-electron chi connectivity index (χ1n) is 9.60. The fourth-order valence-electron chi connectivity index (χ4n) is 3.90. The number of hydrogen-bond acceptors (Lipinski definition) is 4. The molecule has 2 fully saturated rings. The summed E-state index contributed by atoms with van der Waals surface area (Å²) in [5.41, 5.74) is 0.964. The number of carbonyl (C=O) groups excluding carboxylic acids is 1. The molecule has 0 spiro atoms. The second kappa shape index (κ2) is 8.79. The number of piperidine rings is 1. The number of benzene rings is 1. The van der Waals surface area contributed by atoms with Gasteiger partial charge in [-0.3, -0.25) is 14.6 Å². The van der Waals surface area contributed by atoms with E-state index in [-0.39, 0.29) is 5.91 Å². The van der Waals surface area contributed by atoms with Crippen LogP contribution in [0.2, 0.25) is 0 Å². The average Bonchev–Trinajstić information content (AvgIpc) is 2.65. The molecule has 1 atom stereocenters. The largest absolute Gasteiger partial charge is 0.314 e. The van der Waals surface area contributed by atoms with Crippen molar-refractivity contribution in [1.82, 2.24) is 14.7 Å². The number of rotatable bonds is 5. The molecule has 1 aromatic carbocycles. The van der Waals surface area contributed by atoms with Gasteiger partial charge >= 0.3 is 0 Å². The molecule has 0 saturated carbocycles. The van der Waals surface area contributed by atoms with E-state index in [1.807, 2.05) is 37.4 Å². The van der Waals surface area contributed by atoms with Crippen LogP contribution < -0.4 is 4.90 Å². The second-order valence-electron chi connectivity index (χ2n) is 7.50. The second-order valence-corrected chi connectivity index (χ2v) is 7.50. The summed E-state index contributed by atoms with van der Waals surface area (Å²) < 4.78 is 0. The smallest absolute Gasteiger partial charge is 0.240 e. The van der Waals surface area contributed by atoms with Crippen molar-refractivity contribution in [2.75, 3.05) is 64.8 Å². The molecule has 0 aliphatic carbocycles. The number of hydrogen-bond donors (Lipinski definition) is 0. The molecule has 0 N–H and O–H groups in total. The number of para-hydroxylation sites is 1. The maximum atomic E-state index is 12.5. The quantitative estimate of drug-likeness (QED) is 0.814. The van der Waals surface area contributed by atoms with Crippen LogP contribution in [0.15, 0.2) is 30.3 Å². The molecule has 2 aliphatic rings. The number of nitrogens with zero attached hydrogens (tertiary/aromatic N) is 4. The van der Waals surface area contributed by atoms with Crippen molar-refractivity contribution in [3.05, 3.63) is 30.3 Å². The van der Waals surface area contributed by atoms with Crippen molar-refractivity contribution in [2.45, 2.75) is 25.3 Å². The fourth-order valence-corrected chi connectivity index (χ4v) is 3.90. The summed E-state index contributed by atoms with van der Waals surface area (Å²) in [5.74, 6) is 0.173. The highest BCUT2D eigenvalue weighted by Gasteiger charge is 2.25. The van der Waals surface area contributed by atoms with E-state index in [1.54, 1.807) is 4.90 Å². The van der Waals surface area contributed by atoms with E-state index in [4.69, 9.17) is 0 Å². The molecular formula is C20H32N4O. The van der Waals surface area contributed by atoms with Gasteiger partial charge in [0.15, 0.2) is 0 Å². The van der Waals surface area contributed by atoms with Gasteiger partial charge in [0.25, 0.3) is 0 Å². The summed E-state index contributed by atoms with van der Waals surface area (Å²) in [6, 6.07) is 10.6. The van der Waals surface area contributed by atoms with E-state index in [2.05, 4.69) is 21.7 Å². The zero-order chi connectivity index (χ0) is 17.6. The number of piperazine rings is 1. The summed E-state index contributed by atoms with van der Waals surface area (Å²) in [7, 11) is 4.13. The van der Waals surface area contributed by atoms with Crippen molar-refractivity contribution in [3.63, 3.8) is 0 Å². The van der Waals surface area contributed by atoms with Crippen molar-refractivity contribution >= 4 is 11.6 Å². The molecule has 1 aromatic rings. The topological polar surface area (TPSA) is 30.0 Å². The third kappa shape index (κ3) is 5.03. The van der Waals surface area contributed by atoms with Crippen molar-refractivity contribution < 1.29 is 4.79 Å². The van der Waals surface area contributed by atoms with Gasteiger partial charge in [-0.25, -0.2) is 0 Å². The van der Waals surface area contributed by atoms with E-state index in [1.165, 1.54) is 32.4 Å². The molecule has 0 bridgehead atoms. The normalized spacial score (nSPS) is 23.5. The van der Waals surface area contributed by atoms with Crippen LogP contribution >= 0.6 is 0 Å². The number of amides is 1. The lowest BCUT2D eigenvalue weighted by molar-refractivity contribution is -0.119. The number of likely N-dealkylation sites (tertiary alicyclic amines) is 1. The molecule has 25 heavy (non-hydrogen) atoms. The fraction of sp³-hybridized carbons (Fsp3) is 0.650. The minimum Gasteiger partial charge on any atom is -0.314 e. The Morgan fingerprint density at radius 1 is 1.04 bits per heavy atom. The lowest BCUT2D eigenvalue weighted by Gasteiger charge is -2.40. The van der Waals surface area contributed by atoms with E-state index in [9.17, 15) is 4.79 Å². The Morgan fingerprint density at radius 2 is 1.72 bits per heavy atom. The Balaban J connectivity index is 1.42. The Labute approximate surface area is 152 Å². The van der Waals surface area contributed by atoms with Crippen LogP contribution in [-0.4, -0.2) is 86.6 Å². The van der Waals surface area contributed by atoms with Crippen LogP contribution in [-0.2, 0) is 4.79 Å². The van der Waals surface area contributed by atoms with E-state index in [0.717, 1.165) is 31.9 Å². The lowest BCUT2D eigenvalue weighted by atomic mass is 10.0. The zero-order valence-corrected chi connectivity index (χ0v) is 15.7. The third-order valence-corrected chi connectivity index (χ3v) is 5.73. The molecule has 2 saturated heterocycles. The van der Waals surface area contributed by atoms with Crippen molar-refractivity contribution in [2.24, 2.45) is 0 Å². The molecular weight excluding hydrogens is 312 g/mol. The highest BCUT2D eigenvalue weighted by molar-refractivity contribution is 5.94. The van der Waals surface area contributed by atoms with Crippen LogP contribution in [0.3, 0.4) is 0 Å². The van der Waals surface area contributed by atoms with Gasteiger partial charge in [-0.15, -0.1) is 0 Å². The molecule has 1 amide bonds. The van der Waals surface area contributed by atoms with Gasteiger partial charge in [0, 0.05) is 51.5 Å². The molecule has 3 rings (SSSR count). The van der Waals surface area contributed by atoms with Gasteiger partial charge in [0.05, 0.1) is 6.54 Å². The summed E-state index contributed by atoms with van der Waals surface area (Å²) in [6.45, 7) is 7.07. The third-order valence-electron chi connectivity index (χ3n) is 5.73. The first-order valence-corrected chi connectivity index (χ1v) is 9.60. The van der Waals surface area contributed by atoms with Crippen LogP contribution in [0.1, 0.15) is 19.3 Å². The molecule has 5 nitrogen and oxygen atoms in total. The SMILES string of the molecule is CN(C(=O)CN1CCN(CC2CCCCN2C)CC1)c1ccccc1. The Morgan fingerprint density at radius 3 is 2.40 bits per heavy atom. The van der Waals surface area contributed by atoms with Crippen LogP contribution in [0.5, 0.6) is 0 Å². The minimum atomic E-state index is 0.173. The van der Waals surface area contributed by atoms with E-state index < -0.39 is 0 Å². The molecule has 138 valence electrons. The molecule has 0 aromatic heterocycles. The molecule has 2 heterocycles. The highest BCUT2D eigenvalue weighted by Crippen LogP contribution is 2.17. The standard InChI is InChI=1S/C20H32N4O/c1-21-11-7-6-10-19(21)16-23-12-14-24(15-13-23)17-20(25)22(2)18-8-4-3-5-9-18/h3-5,8-9,19H,6-7,10-17H2,1-2H3. The monoisotopic (exact) mass is 344 g/mol. The maximum absolute atomic E-state index is 12.5. The number of carbonyl (C=O) groups is 1. The van der Waals surface area contributed by atoms with Gasteiger partial charge in [0.2, 0.25) is 5.91 Å².